The van der Waals surface area contributed by atoms with Crippen LogP contribution < -0.4 is 15.5 Å². The van der Waals surface area contributed by atoms with E-state index in [-0.39, 0.29) is 19.0 Å². The molecule has 206 valence electrons. The van der Waals surface area contributed by atoms with Gasteiger partial charge >= 0.3 is 12.1 Å². The molecule has 0 aliphatic carbocycles. The summed E-state index contributed by atoms with van der Waals surface area (Å²) in [6.45, 7) is 5.26. The Morgan fingerprint density at radius 2 is 2.05 bits per heavy atom. The predicted octanol–water partition coefficient (Wildman–Crippen LogP) is 3.74. The van der Waals surface area contributed by atoms with Crippen molar-refractivity contribution in [2.45, 2.75) is 31.7 Å². The summed E-state index contributed by atoms with van der Waals surface area (Å²) in [4.78, 5) is 43.5. The highest BCUT2D eigenvalue weighted by molar-refractivity contribution is 7.99. The second-order valence-electron chi connectivity index (χ2n) is 8.76. The molecule has 3 aromatic rings. The molecule has 0 bridgehead atoms. The van der Waals surface area contributed by atoms with Crippen molar-refractivity contribution in [3.05, 3.63) is 65.7 Å². The van der Waals surface area contributed by atoms with Crippen LogP contribution in [0.1, 0.15) is 29.9 Å². The molecule has 1 unspecified atom stereocenters. The van der Waals surface area contributed by atoms with Gasteiger partial charge < -0.3 is 25.1 Å². The van der Waals surface area contributed by atoms with Crippen LogP contribution in [0.3, 0.4) is 0 Å². The van der Waals surface area contributed by atoms with Crippen LogP contribution in [0.5, 0.6) is 0 Å². The molecule has 1 aliphatic heterocycles. The van der Waals surface area contributed by atoms with E-state index in [1.54, 1.807) is 19.1 Å². The van der Waals surface area contributed by atoms with Gasteiger partial charge in [0.1, 0.15) is 17.6 Å². The van der Waals surface area contributed by atoms with Gasteiger partial charge in [0.2, 0.25) is 5.91 Å². The molecule has 1 atom stereocenters. The molecule has 0 spiro atoms. The van der Waals surface area contributed by atoms with E-state index in [0.29, 0.717) is 35.3 Å². The Bertz CT molecular complexity index is 1320. The number of hydrogen-bond acceptors (Lipinski definition) is 8. The lowest BCUT2D eigenvalue weighted by Gasteiger charge is -2.15. The van der Waals surface area contributed by atoms with Crippen LogP contribution >= 0.6 is 11.8 Å². The molecule has 10 nitrogen and oxygen atoms in total. The van der Waals surface area contributed by atoms with Crippen molar-refractivity contribution in [2.75, 3.05) is 36.9 Å². The number of carbonyl (C=O) groups is 3. The summed E-state index contributed by atoms with van der Waals surface area (Å²) in [7, 11) is 0. The van der Waals surface area contributed by atoms with E-state index < -0.39 is 24.0 Å². The van der Waals surface area contributed by atoms with Gasteiger partial charge in [0.15, 0.2) is 5.16 Å². The quantitative estimate of drug-likeness (QED) is 0.175. The van der Waals surface area contributed by atoms with Crippen molar-refractivity contribution in [1.82, 2.24) is 20.6 Å². The molecular weight excluding hydrogens is 525 g/mol. The summed E-state index contributed by atoms with van der Waals surface area (Å²) < 4.78 is 25.2. The molecule has 4 rings (SSSR count). The number of hydrogen-bond donors (Lipinski definition) is 3. The maximum Gasteiger partial charge on any atom is 0.414 e. The van der Waals surface area contributed by atoms with E-state index >= 15 is 0 Å². The van der Waals surface area contributed by atoms with Gasteiger partial charge in [-0.15, -0.1) is 0 Å². The number of amides is 2. The highest BCUT2D eigenvalue weighted by atomic mass is 32.2. The van der Waals surface area contributed by atoms with Crippen LogP contribution in [0, 0.1) is 5.82 Å². The number of benzene rings is 2. The smallest absolute Gasteiger partial charge is 0.414 e. The van der Waals surface area contributed by atoms with Gasteiger partial charge in [-0.2, -0.15) is 0 Å². The third-order valence-corrected chi connectivity index (χ3v) is 6.77. The highest BCUT2D eigenvalue weighted by Crippen LogP contribution is 2.29. The van der Waals surface area contributed by atoms with Crippen LogP contribution in [0.15, 0.2) is 53.8 Å². The molecule has 2 aromatic carbocycles. The Hall–Kier alpha value is -3.90. The van der Waals surface area contributed by atoms with Crippen molar-refractivity contribution in [3.63, 3.8) is 0 Å². The second-order valence-corrected chi connectivity index (χ2v) is 9.85. The number of H-pyrrole nitrogens is 1. The van der Waals surface area contributed by atoms with E-state index in [4.69, 9.17) is 9.47 Å². The zero-order valence-electron chi connectivity index (χ0n) is 21.7. The molecule has 39 heavy (non-hydrogen) atoms. The van der Waals surface area contributed by atoms with Gasteiger partial charge in [-0.05, 0) is 36.2 Å². The van der Waals surface area contributed by atoms with Gasteiger partial charge in [0.05, 0.1) is 31.6 Å². The molecule has 2 heterocycles. The van der Waals surface area contributed by atoms with Crippen molar-refractivity contribution >= 4 is 35.4 Å². The number of esters is 1. The number of aromatic nitrogens is 2. The van der Waals surface area contributed by atoms with E-state index in [2.05, 4.69) is 20.6 Å². The summed E-state index contributed by atoms with van der Waals surface area (Å²) in [6, 6.07) is 12.2. The Balaban J connectivity index is 1.25. The standard InChI is InChI=1S/C27H30FN5O5S/c1-3-37-25(35)24-15-31-26(32-24)39-11-10-29-13-18-4-6-19(7-5-18)22-9-8-20(12-23(22)28)33-16-21(38-27(33)36)14-30-17(2)34/h4-9,12,15,21,29H,3,10-11,13-14,16H2,1-2H3,(H,30,34)(H,31,32). The van der Waals surface area contributed by atoms with E-state index in [1.807, 2.05) is 24.3 Å². The molecule has 1 saturated heterocycles. The fraction of sp³-hybridized carbons (Fsp3) is 0.333. The fourth-order valence-electron chi connectivity index (χ4n) is 3.95. The summed E-state index contributed by atoms with van der Waals surface area (Å²) in [5.41, 5.74) is 2.94. The monoisotopic (exact) mass is 555 g/mol. The first-order valence-corrected chi connectivity index (χ1v) is 13.5. The highest BCUT2D eigenvalue weighted by Gasteiger charge is 2.32. The Kier molecular flexibility index (Phi) is 9.55. The minimum atomic E-state index is -0.571. The van der Waals surface area contributed by atoms with Crippen LogP contribution in [0.4, 0.5) is 14.9 Å². The summed E-state index contributed by atoms with van der Waals surface area (Å²) in [5, 5.41) is 6.63. The Labute approximate surface area is 229 Å². The number of anilines is 1. The van der Waals surface area contributed by atoms with Gasteiger partial charge in [-0.25, -0.2) is 19.0 Å². The number of halogens is 1. The lowest BCUT2D eigenvalue weighted by Crippen LogP contribution is -2.33. The average molecular weight is 556 g/mol. The average Bonchev–Trinajstić information content (AvgIpc) is 3.54. The van der Waals surface area contributed by atoms with Gasteiger partial charge in [0.25, 0.3) is 0 Å². The fourth-order valence-corrected chi connectivity index (χ4v) is 4.69. The molecular formula is C27H30FN5O5S. The first-order valence-electron chi connectivity index (χ1n) is 12.5. The lowest BCUT2D eigenvalue weighted by molar-refractivity contribution is -0.119. The molecule has 0 saturated carbocycles. The predicted molar refractivity (Wildman–Crippen MR) is 145 cm³/mol. The van der Waals surface area contributed by atoms with Gasteiger partial charge in [-0.1, -0.05) is 36.0 Å². The maximum atomic E-state index is 15.0. The van der Waals surface area contributed by atoms with Crippen LogP contribution in [-0.2, 0) is 20.8 Å². The number of aromatic amines is 1. The number of imidazole rings is 1. The molecule has 12 heteroatoms. The number of nitrogens with zero attached hydrogens (tertiary/aromatic N) is 2. The zero-order valence-corrected chi connectivity index (χ0v) is 22.5. The molecule has 1 aliphatic rings. The van der Waals surface area contributed by atoms with Crippen LogP contribution in [0.25, 0.3) is 11.1 Å². The second kappa shape index (κ2) is 13.3. The minimum absolute atomic E-state index is 0.208. The van der Waals surface area contributed by atoms with E-state index in [0.717, 1.165) is 23.4 Å². The normalized spacial score (nSPS) is 14.8. The molecule has 0 radical (unpaired) electrons. The molecule has 3 N–H and O–H groups in total. The van der Waals surface area contributed by atoms with Gasteiger partial charge in [-0.3, -0.25) is 9.69 Å². The van der Waals surface area contributed by atoms with E-state index in [1.165, 1.54) is 35.8 Å². The lowest BCUT2D eigenvalue weighted by atomic mass is 10.0. The zero-order chi connectivity index (χ0) is 27.8. The maximum absolute atomic E-state index is 15.0. The molecule has 2 amide bonds. The van der Waals surface area contributed by atoms with Crippen LogP contribution in [-0.4, -0.2) is 66.0 Å². The topological polar surface area (TPSA) is 126 Å². The third kappa shape index (κ3) is 7.58. The number of ether oxygens (including phenoxy) is 2. The van der Waals surface area contributed by atoms with Crippen molar-refractivity contribution in [3.8, 4) is 11.1 Å². The van der Waals surface area contributed by atoms with Crippen LogP contribution in [0.2, 0.25) is 0 Å². The van der Waals surface area contributed by atoms with Crippen molar-refractivity contribution in [2.24, 2.45) is 0 Å². The minimum Gasteiger partial charge on any atom is -0.461 e. The molecule has 1 aromatic heterocycles. The number of carbonyl (C=O) groups excluding carboxylic acids is 3. The first kappa shape index (κ1) is 28.1. The van der Waals surface area contributed by atoms with Gasteiger partial charge in [0, 0.05) is 31.3 Å². The summed E-state index contributed by atoms with van der Waals surface area (Å²) in [6.07, 6.45) is 0.411. The largest absolute Gasteiger partial charge is 0.461 e. The third-order valence-electron chi connectivity index (χ3n) is 5.88. The summed E-state index contributed by atoms with van der Waals surface area (Å²) in [5.74, 6) is -0.321. The van der Waals surface area contributed by atoms with E-state index in [9.17, 15) is 18.8 Å². The number of thioether (sulfide) groups is 1. The summed E-state index contributed by atoms with van der Waals surface area (Å²) >= 11 is 1.50. The Morgan fingerprint density at radius 3 is 2.77 bits per heavy atom. The molecule has 1 fully saturated rings. The SMILES string of the molecule is CCOC(=O)c1cnc(SCCNCc2ccc(-c3ccc(N4CC(CNC(C)=O)OC4=O)cc3F)cc2)[nH]1. The van der Waals surface area contributed by atoms with Crippen molar-refractivity contribution in [1.29, 1.82) is 0 Å². The number of cyclic esters (lactones) is 1. The first-order chi connectivity index (χ1) is 18.8. The number of rotatable bonds is 12. The Morgan fingerprint density at radius 1 is 1.26 bits per heavy atom. The number of nitrogens with one attached hydrogen (secondary N) is 3. The van der Waals surface area contributed by atoms with Crippen molar-refractivity contribution < 1.29 is 28.2 Å².